The topological polar surface area (TPSA) is 50.4 Å². The van der Waals surface area contributed by atoms with Crippen LogP contribution in [-0.2, 0) is 11.3 Å². The van der Waals surface area contributed by atoms with E-state index in [1.54, 1.807) is 12.1 Å². The molecule has 0 atom stereocenters. The van der Waals surface area contributed by atoms with Crippen LogP contribution >= 0.6 is 0 Å². The van der Waals surface area contributed by atoms with E-state index in [-0.39, 0.29) is 18.3 Å². The number of benzene rings is 1. The van der Waals surface area contributed by atoms with Crippen LogP contribution in [0.1, 0.15) is 25.3 Å². The largest absolute Gasteiger partial charge is 0.481 e. The van der Waals surface area contributed by atoms with Gasteiger partial charge in [0, 0.05) is 12.6 Å². The van der Waals surface area contributed by atoms with Crippen molar-refractivity contribution in [3.63, 3.8) is 0 Å². The van der Waals surface area contributed by atoms with E-state index in [2.05, 4.69) is 10.6 Å². The lowest BCUT2D eigenvalue weighted by Gasteiger charge is -2.09. The maximum Gasteiger partial charge on any atom is 0.258 e. The molecule has 0 heterocycles. The molecule has 0 radical (unpaired) electrons. The Morgan fingerprint density at radius 2 is 2.26 bits per heavy atom. The molecule has 0 unspecified atom stereocenters. The minimum absolute atomic E-state index is 0.117. The smallest absolute Gasteiger partial charge is 0.258 e. The van der Waals surface area contributed by atoms with Crippen molar-refractivity contribution in [1.82, 2.24) is 10.6 Å². The summed E-state index contributed by atoms with van der Waals surface area (Å²) in [5.74, 6) is -0.514. The van der Waals surface area contributed by atoms with E-state index in [1.165, 1.54) is 6.07 Å². The van der Waals surface area contributed by atoms with E-state index in [0.717, 1.165) is 24.9 Å². The summed E-state index contributed by atoms with van der Waals surface area (Å²) in [7, 11) is 0. The van der Waals surface area contributed by atoms with Crippen LogP contribution in [0.4, 0.5) is 4.39 Å². The van der Waals surface area contributed by atoms with E-state index >= 15 is 0 Å². The minimum Gasteiger partial charge on any atom is -0.481 e. The maximum atomic E-state index is 13.7. The third-order valence-electron chi connectivity index (χ3n) is 2.88. The molecule has 1 fully saturated rings. The maximum absolute atomic E-state index is 13.7. The third kappa shape index (κ3) is 4.52. The van der Waals surface area contributed by atoms with Gasteiger partial charge in [-0.1, -0.05) is 13.0 Å². The molecule has 1 amide bonds. The predicted octanol–water partition coefficient (Wildman–Crippen LogP) is 1.59. The van der Waals surface area contributed by atoms with Crippen LogP contribution < -0.4 is 15.4 Å². The zero-order valence-corrected chi connectivity index (χ0v) is 11.0. The molecule has 2 N–H and O–H groups in total. The number of hydrogen-bond donors (Lipinski definition) is 2. The lowest BCUT2D eigenvalue weighted by Crippen LogP contribution is -2.30. The second-order valence-electron chi connectivity index (χ2n) is 4.68. The van der Waals surface area contributed by atoms with Crippen LogP contribution in [0.2, 0.25) is 0 Å². The molecule has 5 heteroatoms. The summed E-state index contributed by atoms with van der Waals surface area (Å²) in [6.07, 6.45) is 2.05. The van der Waals surface area contributed by atoms with Crippen molar-refractivity contribution >= 4 is 5.91 Å². The van der Waals surface area contributed by atoms with E-state index in [1.807, 2.05) is 6.92 Å². The summed E-state index contributed by atoms with van der Waals surface area (Å²) in [6.45, 7) is 3.31. The molecule has 1 saturated carbocycles. The van der Waals surface area contributed by atoms with Crippen LogP contribution in [0.15, 0.2) is 18.2 Å². The standard InChI is InChI=1S/C14H19FN2O2/c1-2-16-8-10-3-6-13(12(15)7-10)19-9-14(18)17-11-4-5-11/h3,6-7,11,16H,2,4-5,8-9H2,1H3,(H,17,18). The number of rotatable bonds is 7. The number of halogens is 1. The zero-order valence-electron chi connectivity index (χ0n) is 11.0. The Balaban J connectivity index is 1.83. The van der Waals surface area contributed by atoms with E-state index in [4.69, 9.17) is 4.74 Å². The number of carbonyl (C=O) groups excluding carboxylic acids is 1. The van der Waals surface area contributed by atoms with Crippen molar-refractivity contribution in [2.75, 3.05) is 13.2 Å². The van der Waals surface area contributed by atoms with Crippen molar-refractivity contribution in [2.45, 2.75) is 32.4 Å². The first-order valence-electron chi connectivity index (χ1n) is 6.60. The Morgan fingerprint density at radius 3 is 2.89 bits per heavy atom. The fourth-order valence-electron chi connectivity index (χ4n) is 1.68. The summed E-state index contributed by atoms with van der Waals surface area (Å²) in [5, 5.41) is 5.90. The van der Waals surface area contributed by atoms with E-state index in [0.29, 0.717) is 12.6 Å². The number of carbonyl (C=O) groups is 1. The van der Waals surface area contributed by atoms with Gasteiger partial charge < -0.3 is 15.4 Å². The summed E-state index contributed by atoms with van der Waals surface area (Å²) in [6, 6.07) is 5.08. The molecule has 1 aromatic rings. The fraction of sp³-hybridized carbons (Fsp3) is 0.500. The molecule has 19 heavy (non-hydrogen) atoms. The molecule has 2 rings (SSSR count). The lowest BCUT2D eigenvalue weighted by atomic mass is 10.2. The molecule has 1 aliphatic carbocycles. The van der Waals surface area contributed by atoms with Gasteiger partial charge in [0.05, 0.1) is 0 Å². The van der Waals surface area contributed by atoms with E-state index < -0.39 is 5.82 Å². The first-order valence-corrected chi connectivity index (χ1v) is 6.60. The van der Waals surface area contributed by atoms with Crippen molar-refractivity contribution in [3.05, 3.63) is 29.6 Å². The number of ether oxygens (including phenoxy) is 1. The molecule has 0 bridgehead atoms. The number of amides is 1. The highest BCUT2D eigenvalue weighted by molar-refractivity contribution is 5.78. The molecule has 1 aromatic carbocycles. The molecular formula is C14H19FN2O2. The molecule has 104 valence electrons. The molecule has 0 aliphatic heterocycles. The Labute approximate surface area is 112 Å². The molecular weight excluding hydrogens is 247 g/mol. The monoisotopic (exact) mass is 266 g/mol. The highest BCUT2D eigenvalue weighted by Crippen LogP contribution is 2.20. The first-order chi connectivity index (χ1) is 9.19. The van der Waals surface area contributed by atoms with Gasteiger partial charge in [-0.2, -0.15) is 0 Å². The number of hydrogen-bond acceptors (Lipinski definition) is 3. The van der Waals surface area contributed by atoms with Gasteiger partial charge in [0.15, 0.2) is 18.2 Å². The van der Waals surface area contributed by atoms with Gasteiger partial charge in [0.25, 0.3) is 5.91 Å². The predicted molar refractivity (Wildman–Crippen MR) is 70.4 cm³/mol. The van der Waals surface area contributed by atoms with Crippen LogP contribution in [-0.4, -0.2) is 25.1 Å². The average Bonchev–Trinajstić information content (AvgIpc) is 3.19. The quantitative estimate of drug-likeness (QED) is 0.788. The van der Waals surface area contributed by atoms with Gasteiger partial charge in [0.1, 0.15) is 0 Å². The van der Waals surface area contributed by atoms with Crippen molar-refractivity contribution in [3.8, 4) is 5.75 Å². The molecule has 0 spiro atoms. The third-order valence-corrected chi connectivity index (χ3v) is 2.88. The minimum atomic E-state index is -0.436. The molecule has 0 aromatic heterocycles. The van der Waals surface area contributed by atoms with Crippen molar-refractivity contribution in [2.24, 2.45) is 0 Å². The summed E-state index contributed by atoms with van der Waals surface area (Å²) >= 11 is 0. The average molecular weight is 266 g/mol. The lowest BCUT2D eigenvalue weighted by molar-refractivity contribution is -0.123. The van der Waals surface area contributed by atoms with Gasteiger partial charge >= 0.3 is 0 Å². The highest BCUT2D eigenvalue weighted by atomic mass is 19.1. The van der Waals surface area contributed by atoms with Gasteiger partial charge in [-0.05, 0) is 37.1 Å². The second kappa shape index (κ2) is 6.52. The van der Waals surface area contributed by atoms with Gasteiger partial charge in [-0.3, -0.25) is 4.79 Å². The van der Waals surface area contributed by atoms with Crippen molar-refractivity contribution < 1.29 is 13.9 Å². The van der Waals surface area contributed by atoms with Gasteiger partial charge in [-0.25, -0.2) is 4.39 Å². The van der Waals surface area contributed by atoms with Crippen LogP contribution in [0.25, 0.3) is 0 Å². The Bertz CT molecular complexity index is 447. The van der Waals surface area contributed by atoms with Crippen LogP contribution in [0, 0.1) is 5.82 Å². The normalized spacial score (nSPS) is 14.2. The Kier molecular flexibility index (Phi) is 4.74. The van der Waals surface area contributed by atoms with Crippen LogP contribution in [0.3, 0.4) is 0 Å². The highest BCUT2D eigenvalue weighted by Gasteiger charge is 2.23. The summed E-state index contributed by atoms with van der Waals surface area (Å²) in [5.41, 5.74) is 0.856. The van der Waals surface area contributed by atoms with E-state index in [9.17, 15) is 9.18 Å². The number of nitrogens with one attached hydrogen (secondary N) is 2. The van der Waals surface area contributed by atoms with Gasteiger partial charge in [-0.15, -0.1) is 0 Å². The SMILES string of the molecule is CCNCc1ccc(OCC(=O)NC2CC2)c(F)c1. The summed E-state index contributed by atoms with van der Waals surface area (Å²) < 4.78 is 18.9. The molecule has 4 nitrogen and oxygen atoms in total. The summed E-state index contributed by atoms with van der Waals surface area (Å²) in [4.78, 5) is 11.4. The second-order valence-corrected chi connectivity index (χ2v) is 4.68. The molecule has 1 aliphatic rings. The Hall–Kier alpha value is -1.62. The van der Waals surface area contributed by atoms with Gasteiger partial charge in [0.2, 0.25) is 0 Å². The zero-order chi connectivity index (χ0) is 13.7. The first kappa shape index (κ1) is 13.8. The van der Waals surface area contributed by atoms with Crippen LogP contribution in [0.5, 0.6) is 5.75 Å². The molecule has 0 saturated heterocycles. The van der Waals surface area contributed by atoms with Crippen molar-refractivity contribution in [1.29, 1.82) is 0 Å². The fourth-order valence-corrected chi connectivity index (χ4v) is 1.68. The Morgan fingerprint density at radius 1 is 1.47 bits per heavy atom.